The van der Waals surface area contributed by atoms with Crippen LogP contribution in [0.15, 0.2) is 47.4 Å². The van der Waals surface area contributed by atoms with Crippen LogP contribution < -0.4 is 19.5 Å². The molecule has 1 aliphatic rings. The molecule has 8 heteroatoms. The van der Waals surface area contributed by atoms with Crippen molar-refractivity contribution in [2.45, 2.75) is 0 Å². The van der Waals surface area contributed by atoms with Crippen molar-refractivity contribution in [3.8, 4) is 17.2 Å². The van der Waals surface area contributed by atoms with Gasteiger partial charge in [-0.05, 0) is 48.0 Å². The molecule has 0 spiro atoms. The van der Waals surface area contributed by atoms with Gasteiger partial charge in [0.2, 0.25) is 0 Å². The Hall–Kier alpha value is -2.84. The number of benzene rings is 2. The first-order valence-corrected chi connectivity index (χ1v) is 9.02. The van der Waals surface area contributed by atoms with E-state index in [4.69, 9.17) is 26.4 Å². The minimum absolute atomic E-state index is 0.249. The van der Waals surface area contributed by atoms with E-state index in [2.05, 4.69) is 5.32 Å². The summed E-state index contributed by atoms with van der Waals surface area (Å²) in [5.74, 6) is 0.507. The highest BCUT2D eigenvalue weighted by Crippen LogP contribution is 2.32. The highest BCUT2D eigenvalue weighted by atomic mass is 32.2. The summed E-state index contributed by atoms with van der Waals surface area (Å²) < 4.78 is 16.2. The quantitative estimate of drug-likeness (QED) is 0.356. The number of nitrogens with one attached hydrogen (secondary N) is 1. The SMILES string of the molecule is COc1ccc(C(=O)Oc2cc(/C=C3/SC(=S)NC3=O)ccc2OC)cc1. The number of carbonyl (C=O) groups excluding carboxylic acids is 2. The first kappa shape index (κ1) is 18.9. The molecular weight excluding hydrogens is 386 g/mol. The Labute approximate surface area is 165 Å². The molecule has 0 aromatic heterocycles. The minimum atomic E-state index is -0.532. The first-order chi connectivity index (χ1) is 13.0. The minimum Gasteiger partial charge on any atom is -0.497 e. The van der Waals surface area contributed by atoms with Crippen LogP contribution in [0.3, 0.4) is 0 Å². The standard InChI is InChI=1S/C19H15NO5S2/c1-23-13-6-4-12(5-7-13)18(22)25-15-9-11(3-8-14(15)24-2)10-16-17(21)20-19(26)27-16/h3-10H,1-2H3,(H,20,21,26)/b16-10+. The maximum absolute atomic E-state index is 12.4. The Bertz CT molecular complexity index is 938. The normalized spacial score (nSPS) is 14.8. The second-order valence-electron chi connectivity index (χ2n) is 5.38. The van der Waals surface area contributed by atoms with Gasteiger partial charge in [-0.25, -0.2) is 4.79 Å². The molecule has 138 valence electrons. The molecule has 1 aliphatic heterocycles. The molecule has 2 aromatic rings. The fourth-order valence-electron chi connectivity index (χ4n) is 2.32. The van der Waals surface area contributed by atoms with Gasteiger partial charge in [0.1, 0.15) is 10.1 Å². The van der Waals surface area contributed by atoms with Crippen molar-refractivity contribution in [3.05, 3.63) is 58.5 Å². The molecule has 1 heterocycles. The van der Waals surface area contributed by atoms with Crippen molar-refractivity contribution in [3.63, 3.8) is 0 Å². The summed E-state index contributed by atoms with van der Waals surface area (Å²) in [5, 5.41) is 2.55. The van der Waals surface area contributed by atoms with Gasteiger partial charge in [0.25, 0.3) is 5.91 Å². The number of hydrogen-bond acceptors (Lipinski definition) is 7. The molecule has 0 atom stereocenters. The highest BCUT2D eigenvalue weighted by Gasteiger charge is 2.22. The lowest BCUT2D eigenvalue weighted by molar-refractivity contribution is -0.115. The van der Waals surface area contributed by atoms with Gasteiger partial charge in [-0.2, -0.15) is 0 Å². The number of rotatable bonds is 5. The molecule has 3 rings (SSSR count). The van der Waals surface area contributed by atoms with Crippen LogP contribution in [0, 0.1) is 0 Å². The molecule has 0 unspecified atom stereocenters. The summed E-state index contributed by atoms with van der Waals surface area (Å²) in [5.41, 5.74) is 1.05. The van der Waals surface area contributed by atoms with Gasteiger partial charge in [0.05, 0.1) is 24.7 Å². The summed E-state index contributed by atoms with van der Waals surface area (Å²) in [7, 11) is 3.03. The van der Waals surface area contributed by atoms with Gasteiger partial charge in [0, 0.05) is 0 Å². The fourth-order valence-corrected chi connectivity index (χ4v) is 3.37. The molecule has 1 saturated heterocycles. The summed E-state index contributed by atoms with van der Waals surface area (Å²) in [6, 6.07) is 11.6. The molecule has 6 nitrogen and oxygen atoms in total. The molecule has 0 bridgehead atoms. The van der Waals surface area contributed by atoms with Crippen molar-refractivity contribution >= 4 is 46.3 Å². The van der Waals surface area contributed by atoms with Crippen molar-refractivity contribution < 1.29 is 23.8 Å². The van der Waals surface area contributed by atoms with Crippen LogP contribution in [0.4, 0.5) is 0 Å². The van der Waals surface area contributed by atoms with Gasteiger partial charge in [0.15, 0.2) is 11.5 Å². The van der Waals surface area contributed by atoms with Crippen LogP contribution in [-0.4, -0.2) is 30.4 Å². The van der Waals surface area contributed by atoms with Gasteiger partial charge in [-0.3, -0.25) is 4.79 Å². The first-order valence-electron chi connectivity index (χ1n) is 7.79. The van der Waals surface area contributed by atoms with Crippen LogP contribution in [0.5, 0.6) is 17.2 Å². The van der Waals surface area contributed by atoms with E-state index < -0.39 is 5.97 Å². The lowest BCUT2D eigenvalue weighted by Gasteiger charge is -2.10. The van der Waals surface area contributed by atoms with Gasteiger partial charge < -0.3 is 19.5 Å². The van der Waals surface area contributed by atoms with E-state index >= 15 is 0 Å². The van der Waals surface area contributed by atoms with Crippen LogP contribution >= 0.6 is 24.0 Å². The maximum atomic E-state index is 12.4. The molecule has 1 fully saturated rings. The Morgan fingerprint density at radius 2 is 1.81 bits per heavy atom. The zero-order valence-electron chi connectivity index (χ0n) is 14.5. The van der Waals surface area contributed by atoms with Crippen molar-refractivity contribution in [1.82, 2.24) is 5.32 Å². The van der Waals surface area contributed by atoms with E-state index in [1.165, 1.54) is 18.9 Å². The maximum Gasteiger partial charge on any atom is 0.343 e. The number of thiocarbonyl (C=S) groups is 1. The van der Waals surface area contributed by atoms with Crippen molar-refractivity contribution in [2.75, 3.05) is 14.2 Å². The summed E-state index contributed by atoms with van der Waals surface area (Å²) in [6.07, 6.45) is 1.67. The molecule has 2 aromatic carbocycles. The van der Waals surface area contributed by atoms with E-state index in [-0.39, 0.29) is 11.7 Å². The van der Waals surface area contributed by atoms with E-state index in [9.17, 15) is 9.59 Å². The van der Waals surface area contributed by atoms with Crippen molar-refractivity contribution in [2.24, 2.45) is 0 Å². The number of amides is 1. The van der Waals surface area contributed by atoms with Crippen LogP contribution in [-0.2, 0) is 4.79 Å². The molecule has 0 radical (unpaired) electrons. The van der Waals surface area contributed by atoms with Gasteiger partial charge in [-0.15, -0.1) is 0 Å². The van der Waals surface area contributed by atoms with E-state index in [1.807, 2.05) is 0 Å². The fraction of sp³-hybridized carbons (Fsp3) is 0.105. The number of carbonyl (C=O) groups is 2. The monoisotopic (exact) mass is 401 g/mol. The third-order valence-electron chi connectivity index (χ3n) is 3.66. The molecule has 1 N–H and O–H groups in total. The van der Waals surface area contributed by atoms with E-state index in [1.54, 1.807) is 55.7 Å². The number of hydrogen-bond donors (Lipinski definition) is 1. The Morgan fingerprint density at radius 3 is 2.41 bits per heavy atom. The number of ether oxygens (including phenoxy) is 3. The number of esters is 1. The smallest absolute Gasteiger partial charge is 0.343 e. The molecule has 0 saturated carbocycles. The zero-order valence-corrected chi connectivity index (χ0v) is 16.1. The summed E-state index contributed by atoms with van der Waals surface area (Å²) >= 11 is 6.16. The van der Waals surface area contributed by atoms with Crippen LogP contribution in [0.1, 0.15) is 15.9 Å². The third kappa shape index (κ3) is 4.47. The molecule has 1 amide bonds. The average molecular weight is 401 g/mol. The largest absolute Gasteiger partial charge is 0.497 e. The van der Waals surface area contributed by atoms with E-state index in [0.29, 0.717) is 31.9 Å². The lowest BCUT2D eigenvalue weighted by Crippen LogP contribution is -2.17. The highest BCUT2D eigenvalue weighted by molar-refractivity contribution is 8.26. The molecule has 27 heavy (non-hydrogen) atoms. The molecule has 0 aliphatic carbocycles. The molecular formula is C19H15NO5S2. The van der Waals surface area contributed by atoms with Gasteiger partial charge >= 0.3 is 5.97 Å². The Balaban J connectivity index is 1.85. The summed E-state index contributed by atoms with van der Waals surface area (Å²) in [4.78, 5) is 24.7. The Morgan fingerprint density at radius 1 is 1.07 bits per heavy atom. The van der Waals surface area contributed by atoms with Crippen molar-refractivity contribution in [1.29, 1.82) is 0 Å². The second kappa shape index (κ2) is 8.24. The topological polar surface area (TPSA) is 73.9 Å². The van der Waals surface area contributed by atoms with Gasteiger partial charge in [-0.1, -0.05) is 30.0 Å². The zero-order chi connectivity index (χ0) is 19.4. The average Bonchev–Trinajstić information content (AvgIpc) is 2.99. The second-order valence-corrected chi connectivity index (χ2v) is 7.10. The van der Waals surface area contributed by atoms with Crippen LogP contribution in [0.25, 0.3) is 6.08 Å². The predicted octanol–water partition coefficient (Wildman–Crippen LogP) is 3.41. The Kier molecular flexibility index (Phi) is 5.78. The van der Waals surface area contributed by atoms with E-state index in [0.717, 1.165) is 0 Å². The number of thioether (sulfide) groups is 1. The number of methoxy groups -OCH3 is 2. The third-order valence-corrected chi connectivity index (χ3v) is 4.82. The predicted molar refractivity (Wildman–Crippen MR) is 107 cm³/mol. The summed E-state index contributed by atoms with van der Waals surface area (Å²) in [6.45, 7) is 0. The lowest BCUT2D eigenvalue weighted by atomic mass is 10.1. The van der Waals surface area contributed by atoms with Crippen LogP contribution in [0.2, 0.25) is 0 Å².